The molecule has 0 saturated heterocycles. The SMILES string of the molecule is CN(C)C(CNS(=O)(=O)CCc1ccccc1F)c1cccs1. The number of nitrogens with one attached hydrogen (secondary N) is 1. The topological polar surface area (TPSA) is 49.4 Å². The van der Waals surface area contributed by atoms with Crippen LogP contribution in [0, 0.1) is 5.82 Å². The summed E-state index contributed by atoms with van der Waals surface area (Å²) < 4.78 is 40.5. The number of hydrogen-bond donors (Lipinski definition) is 1. The summed E-state index contributed by atoms with van der Waals surface area (Å²) in [6.07, 6.45) is 0.160. The second kappa shape index (κ2) is 8.01. The van der Waals surface area contributed by atoms with Crippen molar-refractivity contribution >= 4 is 21.4 Å². The van der Waals surface area contributed by atoms with E-state index >= 15 is 0 Å². The molecule has 0 spiro atoms. The molecule has 4 nitrogen and oxygen atoms in total. The van der Waals surface area contributed by atoms with E-state index in [1.807, 2.05) is 36.5 Å². The molecule has 1 unspecified atom stereocenters. The zero-order valence-electron chi connectivity index (χ0n) is 13.2. The van der Waals surface area contributed by atoms with Gasteiger partial charge in [0.1, 0.15) is 5.82 Å². The van der Waals surface area contributed by atoms with Gasteiger partial charge in [0.05, 0.1) is 11.8 Å². The summed E-state index contributed by atoms with van der Waals surface area (Å²) in [6.45, 7) is 0.299. The molecule has 0 radical (unpaired) electrons. The van der Waals surface area contributed by atoms with Gasteiger partial charge in [-0.05, 0) is 43.6 Å². The average molecular weight is 356 g/mol. The number of aryl methyl sites for hydroxylation is 1. The Kier molecular flexibility index (Phi) is 6.29. The van der Waals surface area contributed by atoms with Crippen molar-refractivity contribution < 1.29 is 12.8 Å². The van der Waals surface area contributed by atoms with Crippen molar-refractivity contribution in [2.75, 3.05) is 26.4 Å². The van der Waals surface area contributed by atoms with E-state index in [1.54, 1.807) is 29.5 Å². The van der Waals surface area contributed by atoms with Crippen molar-refractivity contribution in [3.63, 3.8) is 0 Å². The summed E-state index contributed by atoms with van der Waals surface area (Å²) in [6, 6.07) is 10.2. The summed E-state index contributed by atoms with van der Waals surface area (Å²) in [4.78, 5) is 3.08. The molecule has 0 aliphatic carbocycles. The van der Waals surface area contributed by atoms with Gasteiger partial charge in [-0.25, -0.2) is 17.5 Å². The number of nitrogens with zero attached hydrogens (tertiary/aromatic N) is 1. The molecule has 1 aromatic heterocycles. The number of benzene rings is 1. The lowest BCUT2D eigenvalue weighted by molar-refractivity contribution is 0.303. The minimum Gasteiger partial charge on any atom is -0.300 e. The lowest BCUT2D eigenvalue weighted by Crippen LogP contribution is -2.35. The van der Waals surface area contributed by atoms with Crippen molar-refractivity contribution in [1.29, 1.82) is 0 Å². The first-order valence-corrected chi connectivity index (χ1v) is 9.83. The maximum Gasteiger partial charge on any atom is 0.211 e. The molecule has 0 saturated carbocycles. The largest absolute Gasteiger partial charge is 0.300 e. The fraction of sp³-hybridized carbons (Fsp3) is 0.375. The Bertz CT molecular complexity index is 715. The molecule has 2 rings (SSSR count). The smallest absolute Gasteiger partial charge is 0.211 e. The Labute approximate surface area is 141 Å². The van der Waals surface area contributed by atoms with Crippen LogP contribution in [0.4, 0.5) is 4.39 Å². The van der Waals surface area contributed by atoms with Crippen molar-refractivity contribution in [3.05, 3.63) is 58.0 Å². The van der Waals surface area contributed by atoms with Gasteiger partial charge in [-0.1, -0.05) is 24.3 Å². The standard InChI is InChI=1S/C16H21FN2O2S2/c1-19(2)15(16-8-5-10-22-16)12-18-23(20,21)11-9-13-6-3-4-7-14(13)17/h3-8,10,15,18H,9,11-12H2,1-2H3. The molecule has 23 heavy (non-hydrogen) atoms. The Hall–Kier alpha value is -1.28. The van der Waals surface area contributed by atoms with Crippen LogP contribution in [0.25, 0.3) is 0 Å². The molecular formula is C16H21FN2O2S2. The van der Waals surface area contributed by atoms with E-state index in [0.717, 1.165) is 4.88 Å². The zero-order valence-corrected chi connectivity index (χ0v) is 14.8. The van der Waals surface area contributed by atoms with Gasteiger partial charge >= 0.3 is 0 Å². The third-order valence-corrected chi connectivity index (χ3v) is 5.91. The number of hydrogen-bond acceptors (Lipinski definition) is 4. The molecular weight excluding hydrogens is 335 g/mol. The molecule has 0 aliphatic rings. The van der Waals surface area contributed by atoms with Crippen LogP contribution in [-0.4, -0.2) is 39.7 Å². The van der Waals surface area contributed by atoms with Crippen LogP contribution >= 0.6 is 11.3 Å². The normalized spacial score (nSPS) is 13.4. The minimum atomic E-state index is -3.45. The van der Waals surface area contributed by atoms with Crippen molar-refractivity contribution in [1.82, 2.24) is 9.62 Å². The number of likely N-dealkylation sites (N-methyl/N-ethyl adjacent to an activating group) is 1. The minimum absolute atomic E-state index is 0.0155. The molecule has 126 valence electrons. The van der Waals surface area contributed by atoms with Gasteiger partial charge < -0.3 is 4.90 Å². The monoisotopic (exact) mass is 356 g/mol. The first-order chi connectivity index (χ1) is 10.9. The van der Waals surface area contributed by atoms with Gasteiger partial charge in [0.2, 0.25) is 10.0 Å². The molecule has 0 bridgehead atoms. The van der Waals surface area contributed by atoms with Crippen LogP contribution in [0.1, 0.15) is 16.5 Å². The molecule has 1 N–H and O–H groups in total. The highest BCUT2D eigenvalue weighted by atomic mass is 32.2. The highest BCUT2D eigenvalue weighted by Gasteiger charge is 2.19. The van der Waals surface area contributed by atoms with Crippen LogP contribution < -0.4 is 4.72 Å². The Morgan fingerprint density at radius 3 is 2.57 bits per heavy atom. The molecule has 0 aliphatic heterocycles. The lowest BCUT2D eigenvalue weighted by atomic mass is 10.2. The van der Waals surface area contributed by atoms with Crippen LogP contribution in [-0.2, 0) is 16.4 Å². The van der Waals surface area contributed by atoms with E-state index in [-0.39, 0.29) is 24.0 Å². The van der Waals surface area contributed by atoms with E-state index in [9.17, 15) is 12.8 Å². The van der Waals surface area contributed by atoms with Gasteiger partial charge in [-0.15, -0.1) is 11.3 Å². The summed E-state index contributed by atoms with van der Waals surface area (Å²) in [5.41, 5.74) is 0.417. The molecule has 2 aromatic rings. The number of rotatable bonds is 8. The molecule has 1 atom stereocenters. The van der Waals surface area contributed by atoms with Crippen molar-refractivity contribution in [2.24, 2.45) is 0 Å². The molecule has 7 heteroatoms. The average Bonchev–Trinajstić information content (AvgIpc) is 3.00. The van der Waals surface area contributed by atoms with E-state index < -0.39 is 10.0 Å². The highest BCUT2D eigenvalue weighted by molar-refractivity contribution is 7.89. The predicted molar refractivity (Wildman–Crippen MR) is 92.6 cm³/mol. The van der Waals surface area contributed by atoms with Gasteiger partial charge in [-0.2, -0.15) is 0 Å². The van der Waals surface area contributed by atoms with Crippen molar-refractivity contribution in [2.45, 2.75) is 12.5 Å². The fourth-order valence-electron chi connectivity index (χ4n) is 2.24. The third kappa shape index (κ3) is 5.39. The summed E-state index contributed by atoms with van der Waals surface area (Å²) in [5.74, 6) is -0.495. The van der Waals surface area contributed by atoms with Crippen LogP contribution in [0.15, 0.2) is 41.8 Å². The van der Waals surface area contributed by atoms with Crippen molar-refractivity contribution in [3.8, 4) is 0 Å². The second-order valence-corrected chi connectivity index (χ2v) is 8.41. The van der Waals surface area contributed by atoms with Gasteiger partial charge in [0, 0.05) is 11.4 Å². The predicted octanol–water partition coefficient (Wildman–Crippen LogP) is 2.65. The maximum absolute atomic E-state index is 13.6. The Balaban J connectivity index is 1.94. The summed E-state index contributed by atoms with van der Waals surface area (Å²) in [5, 5.41) is 1.97. The molecule has 0 fully saturated rings. The second-order valence-electron chi connectivity index (χ2n) is 5.50. The number of sulfonamides is 1. The van der Waals surface area contributed by atoms with E-state index in [2.05, 4.69) is 4.72 Å². The van der Waals surface area contributed by atoms with E-state index in [0.29, 0.717) is 12.1 Å². The van der Waals surface area contributed by atoms with Crippen LogP contribution in [0.3, 0.4) is 0 Å². The first kappa shape index (κ1) is 18.1. The fourth-order valence-corrected chi connectivity index (χ4v) is 4.21. The molecule has 1 aromatic carbocycles. The summed E-state index contributed by atoms with van der Waals surface area (Å²) in [7, 11) is 0.375. The van der Waals surface area contributed by atoms with Crippen LogP contribution in [0.2, 0.25) is 0 Å². The number of halogens is 1. The maximum atomic E-state index is 13.6. The zero-order chi connectivity index (χ0) is 16.9. The number of thiophene rings is 1. The van der Waals surface area contributed by atoms with E-state index in [1.165, 1.54) is 6.07 Å². The van der Waals surface area contributed by atoms with Gasteiger partial charge in [0.25, 0.3) is 0 Å². The Morgan fingerprint density at radius 2 is 1.96 bits per heavy atom. The highest BCUT2D eigenvalue weighted by Crippen LogP contribution is 2.22. The van der Waals surface area contributed by atoms with E-state index in [4.69, 9.17) is 0 Å². The molecule has 0 amide bonds. The van der Waals surface area contributed by atoms with Gasteiger partial charge in [0.15, 0.2) is 0 Å². The quantitative estimate of drug-likeness (QED) is 0.791. The third-order valence-electron chi connectivity index (χ3n) is 3.59. The molecule has 1 heterocycles. The summed E-state index contributed by atoms with van der Waals surface area (Å²) >= 11 is 1.60. The van der Waals surface area contributed by atoms with Crippen LogP contribution in [0.5, 0.6) is 0 Å². The lowest BCUT2D eigenvalue weighted by Gasteiger charge is -2.23. The Morgan fingerprint density at radius 1 is 1.22 bits per heavy atom. The van der Waals surface area contributed by atoms with Gasteiger partial charge in [-0.3, -0.25) is 0 Å². The first-order valence-electron chi connectivity index (χ1n) is 7.29.